The van der Waals surface area contributed by atoms with Crippen LogP contribution < -0.4 is 10.4 Å². The number of aromatic carboxylic acids is 2. The molecule has 0 aliphatic rings. The first-order valence-electron chi connectivity index (χ1n) is 10.8. The van der Waals surface area contributed by atoms with Crippen LogP contribution in [0.4, 0.5) is 26.3 Å². The molecule has 198 valence electrons. The highest BCUT2D eigenvalue weighted by Gasteiger charge is 2.37. The zero-order valence-electron chi connectivity index (χ0n) is 19.6. The topological polar surface area (TPSA) is 94.0 Å². The Morgan fingerprint density at radius 1 is 0.730 bits per heavy atom. The molecule has 1 unspecified atom stereocenters. The summed E-state index contributed by atoms with van der Waals surface area (Å²) in [5.41, 5.74) is -2.19. The number of hydrogen-bond acceptors (Lipinski definition) is 3. The first kappa shape index (κ1) is 29.4. The summed E-state index contributed by atoms with van der Waals surface area (Å²) in [6, 6.07) is 15.6. The molecule has 37 heavy (non-hydrogen) atoms. The Labute approximate surface area is 208 Å². The molecule has 2 atom stereocenters. The van der Waals surface area contributed by atoms with Crippen LogP contribution in [0.15, 0.2) is 72.8 Å². The van der Waals surface area contributed by atoms with Gasteiger partial charge in [-0.05, 0) is 38.1 Å². The molecular formula is C26H23F6NO4. The van der Waals surface area contributed by atoms with Crippen molar-refractivity contribution in [2.45, 2.75) is 38.3 Å². The lowest BCUT2D eigenvalue weighted by Crippen LogP contribution is -2.85. The maximum Gasteiger partial charge on any atom is 0.416 e. The minimum Gasteiger partial charge on any atom is -0.545 e. The quantitative estimate of drug-likeness (QED) is 0.448. The van der Waals surface area contributed by atoms with Gasteiger partial charge < -0.3 is 20.3 Å². The number of quaternary nitrogens is 1. The number of carbonyl (C=O) groups excluding carboxylic acids is 1. The normalized spacial score (nSPS) is 13.2. The van der Waals surface area contributed by atoms with Crippen LogP contribution >= 0.6 is 0 Å². The predicted molar refractivity (Wildman–Crippen MR) is 119 cm³/mol. The summed E-state index contributed by atoms with van der Waals surface area (Å²) < 4.78 is 77.7. The molecule has 0 aliphatic carbocycles. The van der Waals surface area contributed by atoms with Crippen molar-refractivity contribution in [2.24, 2.45) is 0 Å². The van der Waals surface area contributed by atoms with E-state index in [-0.39, 0.29) is 28.8 Å². The highest BCUT2D eigenvalue weighted by atomic mass is 19.4. The Balaban J connectivity index is 0.000000335. The van der Waals surface area contributed by atoms with Gasteiger partial charge in [-0.25, -0.2) is 4.79 Å². The summed E-state index contributed by atoms with van der Waals surface area (Å²) in [6.45, 7) is 3.44. The van der Waals surface area contributed by atoms with E-state index in [2.05, 4.69) is 0 Å². The number of carboxylic acid groups (broad SMARTS) is 2. The number of carboxylic acids is 2. The molecule has 5 nitrogen and oxygen atoms in total. The van der Waals surface area contributed by atoms with Gasteiger partial charge in [0.25, 0.3) is 0 Å². The van der Waals surface area contributed by atoms with Crippen molar-refractivity contribution >= 4 is 11.9 Å². The molecule has 0 saturated heterocycles. The van der Waals surface area contributed by atoms with Crippen molar-refractivity contribution in [3.05, 3.63) is 106 Å². The fourth-order valence-electron chi connectivity index (χ4n) is 3.50. The van der Waals surface area contributed by atoms with Gasteiger partial charge in [-0.1, -0.05) is 48.5 Å². The summed E-state index contributed by atoms with van der Waals surface area (Å²) >= 11 is 0. The average molecular weight is 527 g/mol. The van der Waals surface area contributed by atoms with Crippen LogP contribution in [0.25, 0.3) is 0 Å². The number of hydrogen-bond donors (Lipinski definition) is 2. The van der Waals surface area contributed by atoms with E-state index in [1.54, 1.807) is 12.2 Å². The molecule has 0 saturated carbocycles. The number of carbonyl (C=O) groups is 2. The Bertz CT molecular complexity index is 1160. The van der Waals surface area contributed by atoms with Crippen LogP contribution in [0.3, 0.4) is 0 Å². The first-order chi connectivity index (χ1) is 17.1. The van der Waals surface area contributed by atoms with Gasteiger partial charge in [0.1, 0.15) is 12.1 Å². The number of rotatable bonds is 6. The maximum atomic E-state index is 12.9. The van der Waals surface area contributed by atoms with E-state index in [9.17, 15) is 41.0 Å². The van der Waals surface area contributed by atoms with Gasteiger partial charge in [-0.15, -0.1) is 0 Å². The summed E-state index contributed by atoms with van der Waals surface area (Å²) in [5, 5.41) is 20.6. The predicted octanol–water partition coefficient (Wildman–Crippen LogP) is 4.86. The van der Waals surface area contributed by atoms with Crippen molar-refractivity contribution in [3.8, 4) is 0 Å². The van der Waals surface area contributed by atoms with Crippen LogP contribution in [0.1, 0.15) is 68.9 Å². The molecule has 0 spiro atoms. The number of benzene rings is 3. The smallest absolute Gasteiger partial charge is 0.416 e. The third-order valence-electron chi connectivity index (χ3n) is 5.42. The van der Waals surface area contributed by atoms with E-state index < -0.39 is 41.5 Å². The second-order valence-electron chi connectivity index (χ2n) is 8.16. The van der Waals surface area contributed by atoms with Crippen molar-refractivity contribution in [2.75, 3.05) is 0 Å². The van der Waals surface area contributed by atoms with Crippen molar-refractivity contribution in [1.29, 1.82) is 0 Å². The zero-order chi connectivity index (χ0) is 28.0. The molecule has 3 aromatic carbocycles. The molecule has 11 heteroatoms. The lowest BCUT2D eigenvalue weighted by Gasteiger charge is -2.20. The van der Waals surface area contributed by atoms with Gasteiger partial charge in [-0.3, -0.25) is 0 Å². The fraction of sp³-hybridized carbons (Fsp3) is 0.231. The van der Waals surface area contributed by atoms with Crippen LogP contribution in [-0.2, 0) is 12.4 Å². The van der Waals surface area contributed by atoms with E-state index in [1.807, 2.05) is 37.3 Å². The lowest BCUT2D eigenvalue weighted by atomic mass is 9.99. The number of halogens is 6. The van der Waals surface area contributed by atoms with Gasteiger partial charge in [0.2, 0.25) is 0 Å². The van der Waals surface area contributed by atoms with Gasteiger partial charge in [0.15, 0.2) is 0 Å². The summed E-state index contributed by atoms with van der Waals surface area (Å²) in [5.74, 6) is -2.75. The fourth-order valence-corrected chi connectivity index (χ4v) is 3.50. The Hall–Kier alpha value is -3.86. The first-order valence-corrected chi connectivity index (χ1v) is 10.8. The molecular weight excluding hydrogens is 504 g/mol. The number of alkyl halides is 6. The van der Waals surface area contributed by atoms with Gasteiger partial charge in [-0.2, -0.15) is 26.3 Å². The summed E-state index contributed by atoms with van der Waals surface area (Å²) in [6.07, 6.45) is -9.67. The Kier molecular flexibility index (Phi) is 9.46. The molecule has 0 heterocycles. The largest absolute Gasteiger partial charge is 0.545 e. The molecule has 3 aromatic rings. The van der Waals surface area contributed by atoms with Gasteiger partial charge in [0.05, 0.1) is 22.7 Å². The maximum absolute atomic E-state index is 12.9. The van der Waals surface area contributed by atoms with E-state index >= 15 is 0 Å². The third kappa shape index (κ3) is 8.35. The van der Waals surface area contributed by atoms with Crippen molar-refractivity contribution in [1.82, 2.24) is 0 Å². The second-order valence-corrected chi connectivity index (χ2v) is 8.16. The van der Waals surface area contributed by atoms with E-state index in [0.717, 1.165) is 17.7 Å². The third-order valence-corrected chi connectivity index (χ3v) is 5.42. The summed E-state index contributed by atoms with van der Waals surface area (Å²) in [7, 11) is 0. The molecule has 0 radical (unpaired) electrons. The lowest BCUT2D eigenvalue weighted by molar-refractivity contribution is -0.728. The standard InChI is InChI=1S/C18H17F6N.C8H6O4/c1-11(13-6-4-3-5-7-13)25-12(2)14-8-15(17(19,20)21)10-16(9-14)18(22,23)24;9-7(10)5-3-1-2-4-6(5)8(11)12/h3-12,25H,1-2H3;1-4H,(H,9,10)(H,11,12)/t11?,12-;/m1./s1. The van der Waals surface area contributed by atoms with Gasteiger partial charge in [0, 0.05) is 16.7 Å². The molecule has 3 N–H and O–H groups in total. The Morgan fingerprint density at radius 2 is 1.16 bits per heavy atom. The van der Waals surface area contributed by atoms with E-state index in [1.165, 1.54) is 24.3 Å². The zero-order valence-corrected chi connectivity index (χ0v) is 19.6. The molecule has 0 aromatic heterocycles. The van der Waals surface area contributed by atoms with E-state index in [4.69, 9.17) is 5.11 Å². The molecule has 0 aliphatic heterocycles. The molecule has 0 fully saturated rings. The van der Waals surface area contributed by atoms with Gasteiger partial charge >= 0.3 is 18.3 Å². The minimum absolute atomic E-state index is 0.00932. The van der Waals surface area contributed by atoms with Crippen LogP contribution in [0.2, 0.25) is 0 Å². The van der Waals surface area contributed by atoms with Crippen LogP contribution in [-0.4, -0.2) is 17.0 Å². The Morgan fingerprint density at radius 3 is 1.57 bits per heavy atom. The minimum atomic E-state index is -4.83. The van der Waals surface area contributed by atoms with Crippen LogP contribution in [0.5, 0.6) is 0 Å². The highest BCUT2D eigenvalue weighted by Crippen LogP contribution is 2.37. The van der Waals surface area contributed by atoms with Crippen molar-refractivity contribution < 1.29 is 51.5 Å². The monoisotopic (exact) mass is 527 g/mol. The number of nitrogens with two attached hydrogens (primary N) is 1. The highest BCUT2D eigenvalue weighted by molar-refractivity contribution is 6.00. The molecule has 0 bridgehead atoms. The second kappa shape index (κ2) is 11.9. The van der Waals surface area contributed by atoms with Crippen molar-refractivity contribution in [3.63, 3.8) is 0 Å². The summed E-state index contributed by atoms with van der Waals surface area (Å²) in [4.78, 5) is 20.8. The average Bonchev–Trinajstić information content (AvgIpc) is 2.83. The molecule has 3 rings (SSSR count). The van der Waals surface area contributed by atoms with Crippen LogP contribution in [0, 0.1) is 0 Å². The molecule has 0 amide bonds. The van der Waals surface area contributed by atoms with E-state index in [0.29, 0.717) is 0 Å². The SMILES string of the molecule is CC([NH2+][C@H](C)c1cc(C(F)(F)F)cc(C(F)(F)F)c1)c1ccccc1.O=C([O-])c1ccccc1C(=O)O.